The van der Waals surface area contributed by atoms with E-state index >= 15 is 0 Å². The first-order valence-electron chi connectivity index (χ1n) is 6.00. The van der Waals surface area contributed by atoms with Gasteiger partial charge in [-0.25, -0.2) is 4.98 Å². The molecule has 0 fully saturated rings. The number of aryl methyl sites for hydroxylation is 1. The molecular formula is C14H11ClN4O2. The van der Waals surface area contributed by atoms with Crippen molar-refractivity contribution in [1.82, 2.24) is 9.97 Å². The molecule has 1 N–H and O–H groups in total. The van der Waals surface area contributed by atoms with Crippen molar-refractivity contribution in [3.8, 4) is 11.8 Å². The lowest BCUT2D eigenvalue weighted by Crippen LogP contribution is -2.21. The Bertz CT molecular complexity index is 695. The zero-order chi connectivity index (χ0) is 15.2. The van der Waals surface area contributed by atoms with Gasteiger partial charge in [0, 0.05) is 12.4 Å². The number of rotatable bonds is 4. The molecule has 7 heteroatoms. The molecule has 0 radical (unpaired) electrons. The first kappa shape index (κ1) is 14.8. The van der Waals surface area contributed by atoms with Crippen molar-refractivity contribution < 1.29 is 9.53 Å². The minimum absolute atomic E-state index is 0.234. The van der Waals surface area contributed by atoms with E-state index in [1.165, 1.54) is 12.4 Å². The highest BCUT2D eigenvalue weighted by molar-refractivity contribution is 6.30. The molecule has 0 atom stereocenters. The average molecular weight is 303 g/mol. The summed E-state index contributed by atoms with van der Waals surface area (Å²) in [6, 6.07) is 6.74. The quantitative estimate of drug-likeness (QED) is 0.936. The molecule has 0 saturated carbocycles. The third-order valence-electron chi connectivity index (χ3n) is 2.57. The van der Waals surface area contributed by atoms with Crippen LogP contribution >= 0.6 is 11.6 Å². The molecule has 0 aromatic carbocycles. The zero-order valence-electron chi connectivity index (χ0n) is 11.1. The number of halogens is 1. The standard InChI is InChI=1S/C14H11ClN4O2/c1-9-11(6-16)12(4-5-17-9)21-8-14(20)19-13-3-2-10(15)7-18-13/h2-5,7H,8H2,1H3,(H,18,19,20). The maximum atomic E-state index is 11.7. The number of nitrogens with one attached hydrogen (secondary N) is 1. The summed E-state index contributed by atoms with van der Waals surface area (Å²) in [5, 5.41) is 12.1. The lowest BCUT2D eigenvalue weighted by Gasteiger charge is -2.09. The second-order valence-electron chi connectivity index (χ2n) is 4.08. The Balaban J connectivity index is 1.97. The van der Waals surface area contributed by atoms with Gasteiger partial charge in [-0.1, -0.05) is 11.6 Å². The van der Waals surface area contributed by atoms with Gasteiger partial charge in [0.2, 0.25) is 0 Å². The highest BCUT2D eigenvalue weighted by atomic mass is 35.5. The third-order valence-corrected chi connectivity index (χ3v) is 2.79. The van der Waals surface area contributed by atoms with Crippen molar-refractivity contribution in [3.05, 3.63) is 46.9 Å². The molecule has 1 amide bonds. The molecule has 0 spiro atoms. The summed E-state index contributed by atoms with van der Waals surface area (Å²) in [5.41, 5.74) is 0.865. The SMILES string of the molecule is Cc1nccc(OCC(=O)Nc2ccc(Cl)cn2)c1C#N. The molecule has 0 unspecified atom stereocenters. The van der Waals surface area contributed by atoms with E-state index < -0.39 is 0 Å². The number of pyridine rings is 2. The van der Waals surface area contributed by atoms with Gasteiger partial charge in [-0.3, -0.25) is 9.78 Å². The topological polar surface area (TPSA) is 87.9 Å². The Hall–Kier alpha value is -2.65. The molecule has 2 aromatic heterocycles. The van der Waals surface area contributed by atoms with Gasteiger partial charge in [0.25, 0.3) is 5.91 Å². The summed E-state index contributed by atoms with van der Waals surface area (Å²) >= 11 is 5.70. The molecule has 21 heavy (non-hydrogen) atoms. The van der Waals surface area contributed by atoms with Crippen LogP contribution in [0.5, 0.6) is 5.75 Å². The first-order chi connectivity index (χ1) is 10.1. The van der Waals surface area contributed by atoms with E-state index in [4.69, 9.17) is 21.6 Å². The summed E-state index contributed by atoms with van der Waals surface area (Å²) in [6.07, 6.45) is 2.95. The average Bonchev–Trinajstić information content (AvgIpc) is 2.47. The van der Waals surface area contributed by atoms with Crippen molar-refractivity contribution in [1.29, 1.82) is 5.26 Å². The van der Waals surface area contributed by atoms with Crippen LogP contribution in [0.15, 0.2) is 30.6 Å². The molecule has 6 nitrogen and oxygen atoms in total. The van der Waals surface area contributed by atoms with Crippen LogP contribution in [-0.4, -0.2) is 22.5 Å². The number of carbonyl (C=O) groups excluding carboxylic acids is 1. The third kappa shape index (κ3) is 3.91. The normalized spacial score (nSPS) is 9.76. The smallest absolute Gasteiger partial charge is 0.263 e. The predicted octanol–water partition coefficient (Wildman–Crippen LogP) is 2.33. The molecule has 106 valence electrons. The fraction of sp³-hybridized carbons (Fsp3) is 0.143. The second kappa shape index (κ2) is 6.68. The number of hydrogen-bond acceptors (Lipinski definition) is 5. The lowest BCUT2D eigenvalue weighted by molar-refractivity contribution is -0.118. The fourth-order valence-corrected chi connectivity index (χ4v) is 1.68. The van der Waals surface area contributed by atoms with Gasteiger partial charge in [0.05, 0.1) is 10.7 Å². The summed E-state index contributed by atoms with van der Waals surface area (Å²) in [5.74, 6) is 0.312. The minimum Gasteiger partial charge on any atom is -0.482 e. The lowest BCUT2D eigenvalue weighted by atomic mass is 10.2. The molecule has 0 aliphatic carbocycles. The molecule has 0 aliphatic rings. The van der Waals surface area contributed by atoms with Gasteiger partial charge < -0.3 is 10.1 Å². The number of amides is 1. The second-order valence-corrected chi connectivity index (χ2v) is 4.52. The van der Waals surface area contributed by atoms with Gasteiger partial charge in [0.1, 0.15) is 23.2 Å². The Morgan fingerprint density at radius 3 is 2.90 bits per heavy atom. The molecule has 2 heterocycles. The summed E-state index contributed by atoms with van der Waals surface area (Å²) < 4.78 is 5.34. The van der Waals surface area contributed by atoms with Crippen LogP contribution in [0.25, 0.3) is 0 Å². The Labute approximate surface area is 126 Å². The van der Waals surface area contributed by atoms with Gasteiger partial charge in [-0.15, -0.1) is 0 Å². The molecule has 0 bridgehead atoms. The van der Waals surface area contributed by atoms with Crippen molar-refractivity contribution in [2.45, 2.75) is 6.92 Å². The molecule has 0 saturated heterocycles. The summed E-state index contributed by atoms with van der Waals surface area (Å²) in [4.78, 5) is 19.7. The van der Waals surface area contributed by atoms with E-state index in [1.54, 1.807) is 25.1 Å². The Kier molecular flexibility index (Phi) is 4.69. The highest BCUT2D eigenvalue weighted by Gasteiger charge is 2.10. The van der Waals surface area contributed by atoms with E-state index in [0.717, 1.165) is 0 Å². The number of carbonyl (C=O) groups is 1. The Morgan fingerprint density at radius 2 is 2.24 bits per heavy atom. The Morgan fingerprint density at radius 1 is 1.43 bits per heavy atom. The minimum atomic E-state index is -0.386. The van der Waals surface area contributed by atoms with Crippen LogP contribution in [0.1, 0.15) is 11.3 Å². The number of ether oxygens (including phenoxy) is 1. The van der Waals surface area contributed by atoms with Crippen LogP contribution in [0, 0.1) is 18.3 Å². The van der Waals surface area contributed by atoms with Crippen LogP contribution < -0.4 is 10.1 Å². The number of hydrogen-bond donors (Lipinski definition) is 1. The van der Waals surface area contributed by atoms with Crippen molar-refractivity contribution >= 4 is 23.3 Å². The zero-order valence-corrected chi connectivity index (χ0v) is 11.9. The van der Waals surface area contributed by atoms with E-state index in [1.807, 2.05) is 6.07 Å². The van der Waals surface area contributed by atoms with Crippen molar-refractivity contribution in [2.75, 3.05) is 11.9 Å². The van der Waals surface area contributed by atoms with Crippen LogP contribution in [-0.2, 0) is 4.79 Å². The van der Waals surface area contributed by atoms with Gasteiger partial charge in [-0.2, -0.15) is 5.26 Å². The van der Waals surface area contributed by atoms with Crippen LogP contribution in [0.3, 0.4) is 0 Å². The van der Waals surface area contributed by atoms with E-state index in [2.05, 4.69) is 15.3 Å². The number of anilines is 1. The van der Waals surface area contributed by atoms with Crippen LogP contribution in [0.2, 0.25) is 5.02 Å². The number of aromatic nitrogens is 2. The highest BCUT2D eigenvalue weighted by Crippen LogP contribution is 2.18. The van der Waals surface area contributed by atoms with Crippen molar-refractivity contribution in [3.63, 3.8) is 0 Å². The fourth-order valence-electron chi connectivity index (χ4n) is 1.57. The van der Waals surface area contributed by atoms with E-state index in [-0.39, 0.29) is 12.5 Å². The summed E-state index contributed by atoms with van der Waals surface area (Å²) in [7, 11) is 0. The molecule has 0 aliphatic heterocycles. The van der Waals surface area contributed by atoms with E-state index in [9.17, 15) is 4.79 Å². The first-order valence-corrected chi connectivity index (χ1v) is 6.38. The van der Waals surface area contributed by atoms with E-state index in [0.29, 0.717) is 27.8 Å². The summed E-state index contributed by atoms with van der Waals surface area (Å²) in [6.45, 7) is 1.46. The van der Waals surface area contributed by atoms with Crippen LogP contribution in [0.4, 0.5) is 5.82 Å². The number of nitrogens with zero attached hydrogens (tertiary/aromatic N) is 3. The maximum Gasteiger partial charge on any atom is 0.263 e. The maximum absolute atomic E-state index is 11.7. The molecular weight excluding hydrogens is 292 g/mol. The molecule has 2 aromatic rings. The van der Waals surface area contributed by atoms with Gasteiger partial charge in [0.15, 0.2) is 6.61 Å². The van der Waals surface area contributed by atoms with Crippen molar-refractivity contribution in [2.24, 2.45) is 0 Å². The monoisotopic (exact) mass is 302 g/mol. The predicted molar refractivity (Wildman–Crippen MR) is 77.1 cm³/mol. The van der Waals surface area contributed by atoms with Gasteiger partial charge in [-0.05, 0) is 25.1 Å². The van der Waals surface area contributed by atoms with Gasteiger partial charge >= 0.3 is 0 Å². The molecule has 2 rings (SSSR count). The number of nitriles is 1. The largest absolute Gasteiger partial charge is 0.482 e.